The predicted molar refractivity (Wildman–Crippen MR) is 67.2 cm³/mol. The second-order valence-corrected chi connectivity index (χ2v) is 5.55. The Labute approximate surface area is 101 Å². The molecule has 5 heteroatoms. The molecule has 0 aliphatic heterocycles. The van der Waals surface area contributed by atoms with Gasteiger partial charge in [-0.15, -0.1) is 0 Å². The Balaban J connectivity index is 2.50. The highest BCUT2D eigenvalue weighted by Crippen LogP contribution is 2.26. The van der Waals surface area contributed by atoms with E-state index in [-0.39, 0.29) is 0 Å². The van der Waals surface area contributed by atoms with Gasteiger partial charge in [0.05, 0.1) is 0 Å². The van der Waals surface area contributed by atoms with Gasteiger partial charge in [0.2, 0.25) is 0 Å². The Hall–Kier alpha value is -1.59. The van der Waals surface area contributed by atoms with E-state index in [2.05, 4.69) is 0 Å². The first-order chi connectivity index (χ1) is 8.00. The van der Waals surface area contributed by atoms with Gasteiger partial charge >= 0.3 is 10.3 Å². The number of nitrogens with zero attached hydrogens (tertiary/aromatic N) is 1. The van der Waals surface area contributed by atoms with Crippen LogP contribution in [0.3, 0.4) is 0 Å². The van der Waals surface area contributed by atoms with Gasteiger partial charge in [0.25, 0.3) is 0 Å². The quantitative estimate of drug-likeness (QED) is 0.838. The number of fused-ring (bicyclic) bond motifs is 1. The summed E-state index contributed by atoms with van der Waals surface area (Å²) in [6, 6.07) is 12.8. The van der Waals surface area contributed by atoms with Gasteiger partial charge in [-0.1, -0.05) is 36.4 Å². The fourth-order valence-corrected chi connectivity index (χ4v) is 1.98. The average Bonchev–Trinajstić information content (AvgIpc) is 2.29. The second kappa shape index (κ2) is 4.35. The van der Waals surface area contributed by atoms with Crippen LogP contribution in [0, 0.1) is 0 Å². The molecule has 0 aliphatic rings. The molecule has 2 aromatic rings. The van der Waals surface area contributed by atoms with Crippen LogP contribution in [-0.4, -0.2) is 26.8 Å². The highest BCUT2D eigenvalue weighted by molar-refractivity contribution is 7.84. The summed E-state index contributed by atoms with van der Waals surface area (Å²) in [6.45, 7) is 0. The molecule has 0 amide bonds. The van der Waals surface area contributed by atoms with E-state index >= 15 is 0 Å². The van der Waals surface area contributed by atoms with Gasteiger partial charge in [-0.25, -0.2) is 0 Å². The zero-order valence-electron chi connectivity index (χ0n) is 9.62. The molecule has 0 saturated heterocycles. The molecule has 0 atom stereocenters. The van der Waals surface area contributed by atoms with Crippen molar-refractivity contribution in [1.29, 1.82) is 0 Å². The predicted octanol–water partition coefficient (Wildman–Crippen LogP) is 2.03. The van der Waals surface area contributed by atoms with Crippen LogP contribution in [0.15, 0.2) is 42.5 Å². The van der Waals surface area contributed by atoms with Gasteiger partial charge in [0.1, 0.15) is 0 Å². The topological polar surface area (TPSA) is 46.6 Å². The monoisotopic (exact) mass is 251 g/mol. The van der Waals surface area contributed by atoms with Gasteiger partial charge in [-0.05, 0) is 11.5 Å². The van der Waals surface area contributed by atoms with Crippen molar-refractivity contribution in [2.24, 2.45) is 0 Å². The van der Waals surface area contributed by atoms with Gasteiger partial charge in [0, 0.05) is 19.5 Å². The van der Waals surface area contributed by atoms with Crippen molar-refractivity contribution < 1.29 is 12.6 Å². The van der Waals surface area contributed by atoms with Crippen LogP contribution >= 0.6 is 0 Å². The lowest BCUT2D eigenvalue weighted by atomic mass is 10.1. The maximum Gasteiger partial charge on any atom is 0.384 e. The molecule has 17 heavy (non-hydrogen) atoms. The Bertz CT molecular complexity index is 630. The van der Waals surface area contributed by atoms with Gasteiger partial charge in [0.15, 0.2) is 5.75 Å². The first-order valence-electron chi connectivity index (χ1n) is 5.10. The summed E-state index contributed by atoms with van der Waals surface area (Å²) in [5, 5.41) is 1.72. The summed E-state index contributed by atoms with van der Waals surface area (Å²) in [5.41, 5.74) is 0. The van der Waals surface area contributed by atoms with E-state index in [1.54, 1.807) is 12.1 Å². The molecular weight excluding hydrogens is 238 g/mol. The first kappa shape index (κ1) is 11.9. The van der Waals surface area contributed by atoms with Crippen molar-refractivity contribution in [3.8, 4) is 5.75 Å². The molecule has 0 aliphatic carbocycles. The largest absolute Gasteiger partial charge is 0.384 e. The molecule has 90 valence electrons. The molecule has 0 N–H and O–H groups in total. The van der Waals surface area contributed by atoms with Gasteiger partial charge in [-0.2, -0.15) is 12.7 Å². The second-order valence-electron chi connectivity index (χ2n) is 3.80. The molecule has 0 fully saturated rings. The molecule has 4 nitrogen and oxygen atoms in total. The van der Waals surface area contributed by atoms with Crippen LogP contribution in [0.25, 0.3) is 10.8 Å². The highest BCUT2D eigenvalue weighted by Gasteiger charge is 2.16. The zero-order chi connectivity index (χ0) is 12.5. The third-order valence-corrected chi connectivity index (χ3v) is 3.68. The van der Waals surface area contributed by atoms with Crippen molar-refractivity contribution >= 4 is 21.1 Å². The van der Waals surface area contributed by atoms with Crippen molar-refractivity contribution in [1.82, 2.24) is 4.31 Å². The molecule has 0 saturated carbocycles. The standard InChI is InChI=1S/C12H13NO3S/c1-13(2)17(14,15)16-12-9-5-7-10-6-3-4-8-11(10)12/h3-9H,1-2H3. The fraction of sp³-hybridized carbons (Fsp3) is 0.167. The minimum absolute atomic E-state index is 0.344. The van der Waals surface area contributed by atoms with Crippen LogP contribution in [0.5, 0.6) is 5.75 Å². The summed E-state index contributed by atoms with van der Waals surface area (Å²) in [6.07, 6.45) is 0. The van der Waals surface area contributed by atoms with E-state index < -0.39 is 10.3 Å². The van der Waals surface area contributed by atoms with E-state index in [0.717, 1.165) is 15.1 Å². The van der Waals surface area contributed by atoms with E-state index in [4.69, 9.17) is 4.18 Å². The van der Waals surface area contributed by atoms with E-state index in [1.165, 1.54) is 14.1 Å². The van der Waals surface area contributed by atoms with Gasteiger partial charge < -0.3 is 4.18 Å². The Kier molecular flexibility index (Phi) is 3.04. The Morgan fingerprint density at radius 3 is 2.35 bits per heavy atom. The average molecular weight is 251 g/mol. The van der Waals surface area contributed by atoms with E-state index in [9.17, 15) is 8.42 Å². The van der Waals surface area contributed by atoms with E-state index in [1.807, 2.05) is 30.3 Å². The lowest BCUT2D eigenvalue weighted by Crippen LogP contribution is -2.27. The maximum atomic E-state index is 11.6. The molecule has 0 aromatic heterocycles. The van der Waals surface area contributed by atoms with Crippen molar-refractivity contribution in [3.05, 3.63) is 42.5 Å². The number of hydrogen-bond donors (Lipinski definition) is 0. The summed E-state index contributed by atoms with van der Waals surface area (Å²) in [5.74, 6) is 0.344. The lowest BCUT2D eigenvalue weighted by Gasteiger charge is -2.13. The zero-order valence-corrected chi connectivity index (χ0v) is 10.4. The normalized spacial score (nSPS) is 11.9. The van der Waals surface area contributed by atoms with Crippen molar-refractivity contribution in [2.45, 2.75) is 0 Å². The molecule has 0 unspecified atom stereocenters. The lowest BCUT2D eigenvalue weighted by molar-refractivity contribution is 0.423. The number of hydrogen-bond acceptors (Lipinski definition) is 3. The summed E-state index contributed by atoms with van der Waals surface area (Å²) >= 11 is 0. The summed E-state index contributed by atoms with van der Waals surface area (Å²) < 4.78 is 29.4. The molecule has 2 aromatic carbocycles. The SMILES string of the molecule is CN(C)S(=O)(=O)Oc1cccc2ccccc12. The van der Waals surface area contributed by atoms with Crippen LogP contribution in [0.4, 0.5) is 0 Å². The third-order valence-electron chi connectivity index (χ3n) is 2.39. The minimum atomic E-state index is -3.71. The Morgan fingerprint density at radius 2 is 1.65 bits per heavy atom. The Morgan fingerprint density at radius 1 is 1.00 bits per heavy atom. The number of benzene rings is 2. The summed E-state index contributed by atoms with van der Waals surface area (Å²) in [7, 11) is -0.847. The third kappa shape index (κ3) is 2.40. The van der Waals surface area contributed by atoms with Crippen LogP contribution < -0.4 is 4.18 Å². The summed E-state index contributed by atoms with van der Waals surface area (Å²) in [4.78, 5) is 0. The molecule has 0 spiro atoms. The molecule has 0 heterocycles. The molecular formula is C12H13NO3S. The van der Waals surface area contributed by atoms with Crippen LogP contribution in [0.1, 0.15) is 0 Å². The maximum absolute atomic E-state index is 11.6. The fourth-order valence-electron chi connectivity index (χ4n) is 1.46. The van der Waals surface area contributed by atoms with Crippen LogP contribution in [0.2, 0.25) is 0 Å². The van der Waals surface area contributed by atoms with E-state index in [0.29, 0.717) is 5.75 Å². The molecule has 2 rings (SSSR count). The smallest absolute Gasteiger partial charge is 0.370 e. The van der Waals surface area contributed by atoms with Crippen molar-refractivity contribution in [3.63, 3.8) is 0 Å². The number of rotatable bonds is 3. The first-order valence-corrected chi connectivity index (χ1v) is 6.47. The highest BCUT2D eigenvalue weighted by atomic mass is 32.2. The van der Waals surface area contributed by atoms with Gasteiger partial charge in [-0.3, -0.25) is 0 Å². The van der Waals surface area contributed by atoms with Crippen LogP contribution in [-0.2, 0) is 10.3 Å². The molecule has 0 radical (unpaired) electrons. The minimum Gasteiger partial charge on any atom is -0.370 e. The van der Waals surface area contributed by atoms with Crippen molar-refractivity contribution in [2.75, 3.05) is 14.1 Å². The molecule has 0 bridgehead atoms.